The van der Waals surface area contributed by atoms with E-state index in [2.05, 4.69) is 40.7 Å². The lowest BCUT2D eigenvalue weighted by molar-refractivity contribution is -0.228. The average Bonchev–Trinajstić information content (AvgIpc) is 0.691. The van der Waals surface area contributed by atoms with Gasteiger partial charge in [0.15, 0.2) is 0 Å². The van der Waals surface area contributed by atoms with Crippen LogP contribution in [0.5, 0.6) is 0 Å². The van der Waals surface area contributed by atoms with Gasteiger partial charge in [-0.3, -0.25) is 4.79 Å². The highest BCUT2D eigenvalue weighted by Crippen LogP contribution is 2.76. The number of fused-ring (bicyclic) bond motifs is 7. The zero-order valence-corrected chi connectivity index (χ0v) is 50.2. The molecule has 0 spiro atoms. The molecular formula is C59H106O26. The van der Waals surface area contributed by atoms with Crippen molar-refractivity contribution in [1.29, 1.82) is 0 Å². The summed E-state index contributed by atoms with van der Waals surface area (Å²) in [5.74, 6) is -0.556. The Bertz CT molecular complexity index is 2160. The Labute approximate surface area is 497 Å². The molecule has 0 aromatic carbocycles. The molecule has 0 saturated heterocycles. The Morgan fingerprint density at radius 1 is 0.494 bits per heavy atom. The number of hydrogen-bond donors (Lipinski definition) is 24. The van der Waals surface area contributed by atoms with E-state index in [1.807, 2.05) is 6.92 Å². The molecule has 0 aromatic heterocycles. The van der Waals surface area contributed by atoms with Crippen LogP contribution < -0.4 is 0 Å². The van der Waals surface area contributed by atoms with Crippen LogP contribution >= 0.6 is 0 Å². The zero-order chi connectivity index (χ0) is 64.6. The Balaban J connectivity index is 1.12. The molecule has 4 fully saturated rings. The van der Waals surface area contributed by atoms with Crippen LogP contribution in [-0.2, 0) is 9.53 Å². The minimum Gasteiger partial charge on any atom is -0.481 e. The van der Waals surface area contributed by atoms with Gasteiger partial charge in [-0.2, -0.15) is 0 Å². The topological polar surface area (TPSA) is 512 Å². The molecule has 0 aromatic rings. The summed E-state index contributed by atoms with van der Waals surface area (Å²) < 4.78 is 6.33. The maximum absolute atomic E-state index is 13.1. The Morgan fingerprint density at radius 3 is 1.32 bits per heavy atom. The summed E-state index contributed by atoms with van der Waals surface area (Å²) in [7, 11) is 0. The fourth-order valence-electron chi connectivity index (χ4n) is 16.4. The first-order chi connectivity index (χ1) is 39.1. The number of allylic oxidation sites excluding steroid dienone is 2. The number of carboxylic acid groups (broad SMARTS) is 1. The van der Waals surface area contributed by atoms with Gasteiger partial charge in [-0.05, 0) is 130 Å². The van der Waals surface area contributed by atoms with Crippen molar-refractivity contribution in [3.05, 3.63) is 11.6 Å². The van der Waals surface area contributed by atoms with Gasteiger partial charge in [-0.25, -0.2) is 0 Å². The molecule has 5 rings (SSSR count). The van der Waals surface area contributed by atoms with E-state index < -0.39 is 183 Å². The summed E-state index contributed by atoms with van der Waals surface area (Å²) in [6.07, 6.45) is -43.9. The second-order valence-electron chi connectivity index (χ2n) is 28.3. The third-order valence-corrected chi connectivity index (χ3v) is 22.1. The van der Waals surface area contributed by atoms with Crippen molar-refractivity contribution in [1.82, 2.24) is 0 Å². The van der Waals surface area contributed by atoms with Crippen molar-refractivity contribution in [3.63, 3.8) is 0 Å². The van der Waals surface area contributed by atoms with E-state index in [4.69, 9.17) is 4.74 Å². The van der Waals surface area contributed by atoms with Crippen LogP contribution in [0.1, 0.15) is 145 Å². The van der Waals surface area contributed by atoms with Gasteiger partial charge in [-0.15, -0.1) is 0 Å². The van der Waals surface area contributed by atoms with Crippen molar-refractivity contribution >= 4 is 5.97 Å². The van der Waals surface area contributed by atoms with Crippen LogP contribution in [0.4, 0.5) is 0 Å². The maximum atomic E-state index is 13.1. The number of aliphatic carboxylic acids is 1. The molecular weight excluding hydrogens is 1120 g/mol. The normalized spacial score (nSPS) is 37.4. The second kappa shape index (κ2) is 28.8. The summed E-state index contributed by atoms with van der Waals surface area (Å²) in [5, 5.41) is 253. The lowest BCUT2D eigenvalue weighted by Gasteiger charge is -2.71. The van der Waals surface area contributed by atoms with E-state index in [1.165, 1.54) is 12.5 Å². The summed E-state index contributed by atoms with van der Waals surface area (Å²) in [4.78, 5) is 13.1. The maximum Gasteiger partial charge on any atom is 0.310 e. The minimum atomic E-state index is -2.82. The molecule has 0 amide bonds. The lowest BCUT2D eigenvalue weighted by atomic mass is 9.33. The predicted octanol–water partition coefficient (Wildman–Crippen LogP) is -4.86. The van der Waals surface area contributed by atoms with Crippen LogP contribution in [0.2, 0.25) is 0 Å². The molecule has 31 atom stereocenters. The zero-order valence-electron chi connectivity index (χ0n) is 50.2. The van der Waals surface area contributed by atoms with Crippen LogP contribution in [0, 0.1) is 50.2 Å². The molecule has 24 N–H and O–H groups in total. The fraction of sp³-hybridized carbons (Fsp3) is 0.949. The summed E-state index contributed by atoms with van der Waals surface area (Å²) in [6.45, 7) is 14.2. The van der Waals surface area contributed by atoms with Gasteiger partial charge in [0.2, 0.25) is 0 Å². The summed E-state index contributed by atoms with van der Waals surface area (Å²) >= 11 is 0. The molecule has 0 bridgehead atoms. The van der Waals surface area contributed by atoms with E-state index in [9.17, 15) is 127 Å². The second-order valence-corrected chi connectivity index (χ2v) is 28.3. The summed E-state index contributed by atoms with van der Waals surface area (Å²) in [5.41, 5.74) is -0.879. The Kier molecular flexibility index (Phi) is 25.1. The first-order valence-electron chi connectivity index (χ1n) is 30.3. The molecule has 5 aliphatic carbocycles. The van der Waals surface area contributed by atoms with Gasteiger partial charge in [0, 0.05) is 18.3 Å². The molecule has 498 valence electrons. The summed E-state index contributed by atoms with van der Waals surface area (Å²) in [6, 6.07) is 0. The third-order valence-electron chi connectivity index (χ3n) is 22.1. The first kappa shape index (κ1) is 74.0. The van der Waals surface area contributed by atoms with Gasteiger partial charge >= 0.3 is 5.97 Å². The largest absolute Gasteiger partial charge is 0.481 e. The predicted molar refractivity (Wildman–Crippen MR) is 299 cm³/mol. The molecule has 5 aliphatic rings. The number of hydrogen-bond acceptors (Lipinski definition) is 25. The van der Waals surface area contributed by atoms with Crippen LogP contribution in [0.15, 0.2) is 11.6 Å². The van der Waals surface area contributed by atoms with Crippen LogP contribution in [-0.4, -0.2) is 282 Å². The van der Waals surface area contributed by atoms with E-state index in [-0.39, 0.29) is 58.9 Å². The van der Waals surface area contributed by atoms with Gasteiger partial charge in [0.05, 0.1) is 67.5 Å². The first-order valence-corrected chi connectivity index (χ1v) is 30.3. The van der Waals surface area contributed by atoms with Gasteiger partial charge < -0.3 is 127 Å². The van der Waals surface area contributed by atoms with Crippen molar-refractivity contribution in [3.8, 4) is 0 Å². The van der Waals surface area contributed by atoms with Gasteiger partial charge in [-0.1, -0.05) is 53.2 Å². The number of aliphatic hydroxyl groups is 23. The van der Waals surface area contributed by atoms with Crippen LogP contribution in [0.25, 0.3) is 0 Å². The highest BCUT2D eigenvalue weighted by molar-refractivity contribution is 5.76. The molecule has 26 nitrogen and oxygen atoms in total. The van der Waals surface area contributed by atoms with E-state index in [1.54, 1.807) is 0 Å². The highest BCUT2D eigenvalue weighted by atomic mass is 16.5. The lowest BCUT2D eigenvalue weighted by Crippen LogP contribution is -2.66. The molecule has 26 heteroatoms. The average molecular weight is 1230 g/mol. The Morgan fingerprint density at radius 2 is 0.894 bits per heavy atom. The number of carboxylic acids is 1. The monoisotopic (exact) mass is 1230 g/mol. The van der Waals surface area contributed by atoms with Crippen molar-refractivity contribution < 1.29 is 132 Å². The van der Waals surface area contributed by atoms with Crippen molar-refractivity contribution in [2.24, 2.45) is 50.2 Å². The van der Waals surface area contributed by atoms with Gasteiger partial charge in [0.25, 0.3) is 0 Å². The Hall–Kier alpha value is -1.75. The minimum absolute atomic E-state index is 0.0167. The van der Waals surface area contributed by atoms with Gasteiger partial charge in [0.1, 0.15) is 91.6 Å². The molecule has 85 heavy (non-hydrogen) atoms. The van der Waals surface area contributed by atoms with E-state index in [0.717, 1.165) is 44.9 Å². The SMILES string of the molecule is CC(O)CC(O)CC(O)CC(O)CC(O)C(O)C(O)C(O)C(O)C(O)C(O)C(O)C(O)C(O)C(O)C(O)C(O)C(O)C(O)C(O)C(O)CC(O)COC1CCC2(C)C(CCC3(C)C2CC=C2C4CC(C)(C)CCC4(C(=O)O)CCC23C)C1(C)CO. The number of ether oxygens (including phenoxy) is 1. The standard InChI is InChI=1S/C59H106O26/c1-26(61)18-27(62)19-28(63)20-29(64)21-33(66)38(68)40(70)42(72)44(74)46(76)48(78)50(80)52(82)51(81)49(79)47(77)45(75)43(73)41(71)39(69)34(67)22-30(65)24-85-37-11-12-55(4)35(56(37,5)25-60)10-13-58(7)36(55)9-8-31-32-23-54(2,3)14-16-59(32,53(83)84)17-15-57(31,58)6/h8,26-30,32-52,60-82H,9-25H2,1-7H3,(H,83,84). The number of carbonyl (C=O) groups is 1. The highest BCUT2D eigenvalue weighted by Gasteiger charge is 2.70. The smallest absolute Gasteiger partial charge is 0.310 e. The van der Waals surface area contributed by atoms with E-state index >= 15 is 0 Å². The fourth-order valence-corrected chi connectivity index (χ4v) is 16.4. The molecule has 31 unspecified atom stereocenters. The van der Waals surface area contributed by atoms with Crippen molar-refractivity contribution in [2.45, 2.75) is 285 Å². The van der Waals surface area contributed by atoms with Crippen molar-refractivity contribution in [2.75, 3.05) is 13.2 Å². The molecule has 0 heterocycles. The number of rotatable bonds is 31. The number of aliphatic hydroxyl groups excluding tert-OH is 23. The quantitative estimate of drug-likeness (QED) is 0.0290. The molecule has 0 aliphatic heterocycles. The molecule has 4 saturated carbocycles. The van der Waals surface area contributed by atoms with Crippen LogP contribution in [0.3, 0.4) is 0 Å². The third kappa shape index (κ3) is 15.1. The van der Waals surface area contributed by atoms with E-state index in [0.29, 0.717) is 19.3 Å². The molecule has 0 radical (unpaired) electrons.